The van der Waals surface area contributed by atoms with Gasteiger partial charge in [-0.1, -0.05) is 35.9 Å². The van der Waals surface area contributed by atoms with Gasteiger partial charge in [0, 0.05) is 5.56 Å². The molecule has 20 heavy (non-hydrogen) atoms. The molecule has 0 amide bonds. The highest BCUT2D eigenvalue weighted by Crippen LogP contribution is 2.37. The maximum Gasteiger partial charge on any atom is 0.417 e. The van der Waals surface area contributed by atoms with E-state index in [9.17, 15) is 13.2 Å². The Hall–Kier alpha value is -2.06. The molecule has 1 aromatic heterocycles. The Kier molecular flexibility index (Phi) is 3.96. The molecular weight excluding hydrogens is 289 g/mol. The van der Waals surface area contributed by atoms with Crippen molar-refractivity contribution in [2.24, 2.45) is 0 Å². The van der Waals surface area contributed by atoms with E-state index in [4.69, 9.17) is 16.9 Å². The van der Waals surface area contributed by atoms with E-state index >= 15 is 0 Å². The van der Waals surface area contributed by atoms with Crippen LogP contribution in [0.2, 0.25) is 5.15 Å². The van der Waals surface area contributed by atoms with Crippen LogP contribution in [0, 0.1) is 11.3 Å². The standard InChI is InChI=1S/C14H8ClF3N2/c15-12-6-5-9(7-8-19)13(20-12)10-3-1-2-4-11(10)14(16,17)18/h1-6H,7H2. The number of rotatable bonds is 2. The normalized spacial score (nSPS) is 11.2. The molecule has 2 aromatic rings. The molecule has 2 rings (SSSR count). The van der Waals surface area contributed by atoms with E-state index in [-0.39, 0.29) is 22.8 Å². The zero-order valence-corrected chi connectivity index (χ0v) is 10.8. The van der Waals surface area contributed by atoms with Crippen LogP contribution in [0.15, 0.2) is 36.4 Å². The second kappa shape index (κ2) is 5.51. The summed E-state index contributed by atoms with van der Waals surface area (Å²) < 4.78 is 39.1. The molecule has 0 bridgehead atoms. The third-order valence-electron chi connectivity index (χ3n) is 2.70. The van der Waals surface area contributed by atoms with Gasteiger partial charge in [0.15, 0.2) is 0 Å². The molecular formula is C14H8ClF3N2. The van der Waals surface area contributed by atoms with Gasteiger partial charge in [0.2, 0.25) is 0 Å². The quantitative estimate of drug-likeness (QED) is 0.766. The van der Waals surface area contributed by atoms with Crippen LogP contribution in [-0.4, -0.2) is 4.98 Å². The molecule has 0 aliphatic rings. The van der Waals surface area contributed by atoms with Crippen LogP contribution in [0.3, 0.4) is 0 Å². The Morgan fingerprint density at radius 3 is 2.50 bits per heavy atom. The first kappa shape index (κ1) is 14.4. The summed E-state index contributed by atoms with van der Waals surface area (Å²) in [5, 5.41) is 8.84. The van der Waals surface area contributed by atoms with Crippen molar-refractivity contribution in [2.45, 2.75) is 12.6 Å². The van der Waals surface area contributed by atoms with Crippen LogP contribution < -0.4 is 0 Å². The van der Waals surface area contributed by atoms with Crippen LogP contribution >= 0.6 is 11.6 Å². The van der Waals surface area contributed by atoms with E-state index in [1.807, 2.05) is 6.07 Å². The highest BCUT2D eigenvalue weighted by Gasteiger charge is 2.34. The molecule has 0 aliphatic heterocycles. The van der Waals surface area contributed by atoms with E-state index < -0.39 is 11.7 Å². The summed E-state index contributed by atoms with van der Waals surface area (Å²) in [6.07, 6.45) is -4.53. The summed E-state index contributed by atoms with van der Waals surface area (Å²) in [6, 6.07) is 9.97. The van der Waals surface area contributed by atoms with Crippen molar-refractivity contribution in [3.8, 4) is 17.3 Å². The lowest BCUT2D eigenvalue weighted by atomic mass is 9.99. The van der Waals surface area contributed by atoms with Crippen LogP contribution in [0.4, 0.5) is 13.2 Å². The molecule has 2 nitrogen and oxygen atoms in total. The minimum Gasteiger partial charge on any atom is -0.236 e. The van der Waals surface area contributed by atoms with Crippen LogP contribution in [0.1, 0.15) is 11.1 Å². The Morgan fingerprint density at radius 2 is 1.85 bits per heavy atom. The van der Waals surface area contributed by atoms with E-state index in [1.165, 1.54) is 30.3 Å². The average molecular weight is 297 g/mol. The lowest BCUT2D eigenvalue weighted by molar-refractivity contribution is -0.137. The molecule has 0 spiro atoms. The van der Waals surface area contributed by atoms with Gasteiger partial charge in [-0.2, -0.15) is 18.4 Å². The number of nitriles is 1. The number of aromatic nitrogens is 1. The van der Waals surface area contributed by atoms with E-state index in [1.54, 1.807) is 0 Å². The number of alkyl halides is 3. The minimum atomic E-state index is -4.50. The largest absolute Gasteiger partial charge is 0.417 e. The highest BCUT2D eigenvalue weighted by atomic mass is 35.5. The topological polar surface area (TPSA) is 36.7 Å². The summed E-state index contributed by atoms with van der Waals surface area (Å²) in [5.41, 5.74) is -0.373. The molecule has 0 aliphatic carbocycles. The van der Waals surface area contributed by atoms with Gasteiger partial charge in [0.25, 0.3) is 0 Å². The van der Waals surface area contributed by atoms with Gasteiger partial charge in [0.05, 0.1) is 23.7 Å². The number of hydrogen-bond acceptors (Lipinski definition) is 2. The van der Waals surface area contributed by atoms with Crippen LogP contribution in [-0.2, 0) is 12.6 Å². The predicted octanol–water partition coefficient (Wildman–Crippen LogP) is 4.49. The van der Waals surface area contributed by atoms with Gasteiger partial charge in [-0.15, -0.1) is 0 Å². The van der Waals surface area contributed by atoms with Gasteiger partial charge in [-0.05, 0) is 17.7 Å². The zero-order chi connectivity index (χ0) is 14.8. The van der Waals surface area contributed by atoms with Gasteiger partial charge in [-0.3, -0.25) is 0 Å². The smallest absolute Gasteiger partial charge is 0.236 e. The molecule has 0 radical (unpaired) electrons. The Bertz CT molecular complexity index is 675. The summed E-state index contributed by atoms with van der Waals surface area (Å²) in [4.78, 5) is 3.95. The molecule has 0 saturated heterocycles. The molecule has 102 valence electrons. The predicted molar refractivity (Wildman–Crippen MR) is 69.0 cm³/mol. The van der Waals surface area contributed by atoms with Crippen molar-refractivity contribution < 1.29 is 13.2 Å². The highest BCUT2D eigenvalue weighted by molar-refractivity contribution is 6.29. The minimum absolute atomic E-state index is 0.0360. The average Bonchev–Trinajstić information content (AvgIpc) is 2.40. The lowest BCUT2D eigenvalue weighted by Crippen LogP contribution is -2.08. The van der Waals surface area contributed by atoms with Crippen molar-refractivity contribution in [1.29, 1.82) is 5.26 Å². The first-order chi connectivity index (χ1) is 9.43. The van der Waals surface area contributed by atoms with Crippen molar-refractivity contribution in [2.75, 3.05) is 0 Å². The van der Waals surface area contributed by atoms with Crippen molar-refractivity contribution >= 4 is 11.6 Å². The molecule has 0 unspecified atom stereocenters. The SMILES string of the molecule is N#CCc1ccc(Cl)nc1-c1ccccc1C(F)(F)F. The van der Waals surface area contributed by atoms with Crippen molar-refractivity contribution in [3.63, 3.8) is 0 Å². The third-order valence-corrected chi connectivity index (χ3v) is 2.91. The monoisotopic (exact) mass is 296 g/mol. The van der Waals surface area contributed by atoms with E-state index in [0.29, 0.717) is 5.56 Å². The summed E-state index contributed by atoms with van der Waals surface area (Å²) in [6.45, 7) is 0. The second-order valence-electron chi connectivity index (χ2n) is 4.02. The van der Waals surface area contributed by atoms with E-state index in [0.717, 1.165) is 6.07 Å². The third kappa shape index (κ3) is 2.91. The van der Waals surface area contributed by atoms with Gasteiger partial charge >= 0.3 is 6.18 Å². The maximum absolute atomic E-state index is 13.0. The first-order valence-electron chi connectivity index (χ1n) is 5.62. The van der Waals surface area contributed by atoms with Crippen LogP contribution in [0.25, 0.3) is 11.3 Å². The summed E-state index contributed by atoms with van der Waals surface area (Å²) >= 11 is 5.76. The number of benzene rings is 1. The zero-order valence-electron chi connectivity index (χ0n) is 10.1. The molecule has 1 heterocycles. The van der Waals surface area contributed by atoms with E-state index in [2.05, 4.69) is 4.98 Å². The second-order valence-corrected chi connectivity index (χ2v) is 4.41. The fraction of sp³-hybridized carbons (Fsp3) is 0.143. The van der Waals surface area contributed by atoms with Gasteiger partial charge in [0.1, 0.15) is 5.15 Å². The fourth-order valence-corrected chi connectivity index (χ4v) is 2.01. The number of nitrogens with zero attached hydrogens (tertiary/aromatic N) is 2. The Morgan fingerprint density at radius 1 is 1.15 bits per heavy atom. The van der Waals surface area contributed by atoms with Gasteiger partial charge < -0.3 is 0 Å². The van der Waals surface area contributed by atoms with Crippen molar-refractivity contribution in [3.05, 3.63) is 52.7 Å². The molecule has 0 saturated carbocycles. The molecule has 0 fully saturated rings. The lowest BCUT2D eigenvalue weighted by Gasteiger charge is -2.14. The molecule has 0 atom stereocenters. The molecule has 0 N–H and O–H groups in total. The Balaban J connectivity index is 2.69. The number of halogens is 4. The molecule has 6 heteroatoms. The summed E-state index contributed by atoms with van der Waals surface area (Å²) in [7, 11) is 0. The first-order valence-corrected chi connectivity index (χ1v) is 6.00. The Labute approximate surface area is 118 Å². The van der Waals surface area contributed by atoms with Crippen molar-refractivity contribution in [1.82, 2.24) is 4.98 Å². The molecule has 1 aromatic carbocycles. The van der Waals surface area contributed by atoms with Crippen LogP contribution in [0.5, 0.6) is 0 Å². The van der Waals surface area contributed by atoms with Gasteiger partial charge in [-0.25, -0.2) is 4.98 Å². The summed E-state index contributed by atoms with van der Waals surface area (Å²) in [5.74, 6) is 0. The fourth-order valence-electron chi connectivity index (χ4n) is 1.86. The number of hydrogen-bond donors (Lipinski definition) is 0. The maximum atomic E-state index is 13.0. The number of pyridine rings is 1.